The standard InChI is InChI=1S/C44H44F3N9O2/c1-44-25-32(54(27-44)22-17-45)26-56(44)30-15-20-53(21-16-30)31-12-13-35(37(24-31)58-2)49-43-48-18-14-36(50-43)41-39(51-38-11-3-4-19-55(38)41)28-7-5-8-29(23-28)42(57)52-40-33(46)9-6-10-34(40)47/h3-14,18-19,23-24,30,32H,15-17,20-22,25-27H2,1-2H3,(H,52,57)(H,48,49,50)/t32-,44-/m1/s1. The SMILES string of the molecule is COc1cc(N2CCC(N3C[C@H]4C[C@]3(C)CN4CCF)CC2)ccc1Nc1nccc(-c2c(-c3cccc(C(=O)Nc4c(F)cccc4F)c3)nc3ccccn23)n1. The molecular weight excluding hydrogens is 744 g/mol. The number of nitrogens with zero attached hydrogens (tertiary/aromatic N) is 7. The van der Waals surface area contributed by atoms with Gasteiger partial charge in [0.15, 0.2) is 0 Å². The first kappa shape index (κ1) is 37.6. The molecule has 0 saturated carbocycles. The average Bonchev–Trinajstić information content (AvgIpc) is 3.91. The van der Waals surface area contributed by atoms with Gasteiger partial charge in [-0.15, -0.1) is 0 Å². The van der Waals surface area contributed by atoms with E-state index in [1.54, 1.807) is 37.6 Å². The third-order valence-corrected chi connectivity index (χ3v) is 11.9. The molecule has 11 nitrogen and oxygen atoms in total. The number of anilines is 4. The van der Waals surface area contributed by atoms with Gasteiger partial charge in [-0.05, 0) is 80.8 Å². The Balaban J connectivity index is 0.931. The molecule has 2 atom stereocenters. The number of rotatable bonds is 11. The molecule has 3 aromatic heterocycles. The third kappa shape index (κ3) is 7.00. The van der Waals surface area contributed by atoms with Gasteiger partial charge in [-0.25, -0.2) is 28.1 Å². The van der Waals surface area contributed by atoms with Crippen molar-refractivity contribution in [3.63, 3.8) is 0 Å². The van der Waals surface area contributed by atoms with E-state index < -0.39 is 23.2 Å². The number of piperazine rings is 1. The number of methoxy groups -OCH3 is 1. The molecule has 6 aromatic rings. The van der Waals surface area contributed by atoms with E-state index in [0.29, 0.717) is 64.3 Å². The van der Waals surface area contributed by atoms with Gasteiger partial charge in [0.05, 0.1) is 29.9 Å². The Hall–Kier alpha value is -5.99. The fraction of sp³-hybridized carbons (Fsp3) is 0.318. The number of carbonyl (C=O) groups is 1. The minimum absolute atomic E-state index is 0.132. The summed E-state index contributed by atoms with van der Waals surface area (Å²) in [5.41, 5.74) is 4.67. The fourth-order valence-electron chi connectivity index (χ4n) is 9.20. The summed E-state index contributed by atoms with van der Waals surface area (Å²) in [7, 11) is 1.65. The van der Waals surface area contributed by atoms with Crippen molar-refractivity contribution in [1.29, 1.82) is 0 Å². The highest BCUT2D eigenvalue weighted by molar-refractivity contribution is 6.05. The van der Waals surface area contributed by atoms with E-state index in [9.17, 15) is 18.0 Å². The molecule has 3 fully saturated rings. The first-order chi connectivity index (χ1) is 28.2. The van der Waals surface area contributed by atoms with Crippen molar-refractivity contribution in [2.75, 3.05) is 62.0 Å². The zero-order valence-corrected chi connectivity index (χ0v) is 32.3. The maximum Gasteiger partial charge on any atom is 0.255 e. The Morgan fingerprint density at radius 3 is 2.52 bits per heavy atom. The van der Waals surface area contributed by atoms with Gasteiger partial charge in [-0.2, -0.15) is 0 Å². The van der Waals surface area contributed by atoms with Crippen LogP contribution in [0, 0.1) is 11.6 Å². The number of para-hydroxylation sites is 1. The molecule has 2 bridgehead atoms. The van der Waals surface area contributed by atoms with E-state index in [2.05, 4.69) is 43.3 Å². The molecule has 3 aromatic carbocycles. The van der Waals surface area contributed by atoms with Crippen molar-refractivity contribution in [3.05, 3.63) is 115 Å². The van der Waals surface area contributed by atoms with E-state index in [0.717, 1.165) is 63.3 Å². The summed E-state index contributed by atoms with van der Waals surface area (Å²) in [6.07, 6.45) is 6.83. The van der Waals surface area contributed by atoms with Crippen LogP contribution in [-0.2, 0) is 0 Å². The predicted octanol–water partition coefficient (Wildman–Crippen LogP) is 7.83. The number of hydrogen-bond acceptors (Lipinski definition) is 9. The molecule has 1 amide bonds. The molecule has 14 heteroatoms. The van der Waals surface area contributed by atoms with E-state index in [1.165, 1.54) is 6.07 Å². The molecule has 3 saturated heterocycles. The molecule has 3 aliphatic heterocycles. The van der Waals surface area contributed by atoms with Crippen molar-refractivity contribution in [1.82, 2.24) is 29.2 Å². The number of hydrogen-bond donors (Lipinski definition) is 2. The summed E-state index contributed by atoms with van der Waals surface area (Å²) in [4.78, 5) is 35.0. The first-order valence-corrected chi connectivity index (χ1v) is 19.6. The van der Waals surface area contributed by atoms with Crippen molar-refractivity contribution < 1.29 is 22.7 Å². The fourth-order valence-corrected chi connectivity index (χ4v) is 9.20. The zero-order valence-electron chi connectivity index (χ0n) is 32.3. The number of imidazole rings is 1. The summed E-state index contributed by atoms with van der Waals surface area (Å²) < 4.78 is 49.6. The molecular formula is C44H44F3N9O2. The molecule has 0 aliphatic carbocycles. The van der Waals surface area contributed by atoms with Crippen LogP contribution < -0.4 is 20.3 Å². The number of aromatic nitrogens is 4. The second-order valence-electron chi connectivity index (χ2n) is 15.5. The highest BCUT2D eigenvalue weighted by Crippen LogP contribution is 2.43. The van der Waals surface area contributed by atoms with Crippen molar-refractivity contribution in [3.8, 4) is 28.4 Å². The van der Waals surface area contributed by atoms with Crippen LogP contribution in [0.5, 0.6) is 5.75 Å². The molecule has 3 aliphatic rings. The van der Waals surface area contributed by atoms with Crippen LogP contribution in [0.1, 0.15) is 36.5 Å². The number of fused-ring (bicyclic) bond motifs is 3. The van der Waals surface area contributed by atoms with Crippen LogP contribution in [0.3, 0.4) is 0 Å². The summed E-state index contributed by atoms with van der Waals surface area (Å²) in [5.74, 6) is -1.39. The maximum absolute atomic E-state index is 14.3. The quantitative estimate of drug-likeness (QED) is 0.136. The van der Waals surface area contributed by atoms with Gasteiger partial charge >= 0.3 is 0 Å². The van der Waals surface area contributed by atoms with Gasteiger partial charge in [0.2, 0.25) is 5.95 Å². The van der Waals surface area contributed by atoms with Crippen molar-refractivity contribution in [2.24, 2.45) is 0 Å². The minimum Gasteiger partial charge on any atom is -0.494 e. The van der Waals surface area contributed by atoms with Crippen LogP contribution in [-0.4, -0.2) is 99.2 Å². The van der Waals surface area contributed by atoms with E-state index in [1.807, 2.05) is 47.0 Å². The van der Waals surface area contributed by atoms with E-state index >= 15 is 0 Å². The highest BCUT2D eigenvalue weighted by atomic mass is 19.1. The number of ether oxygens (including phenoxy) is 1. The molecule has 0 spiro atoms. The van der Waals surface area contributed by atoms with Crippen LogP contribution in [0.15, 0.2) is 97.3 Å². The average molecular weight is 788 g/mol. The Labute approximate surface area is 334 Å². The lowest BCUT2D eigenvalue weighted by Gasteiger charge is -2.47. The van der Waals surface area contributed by atoms with E-state index in [4.69, 9.17) is 14.7 Å². The van der Waals surface area contributed by atoms with Gasteiger partial charge in [0.25, 0.3) is 5.91 Å². The topological polar surface area (TPSA) is 103 Å². The molecule has 6 heterocycles. The van der Waals surface area contributed by atoms with Crippen LogP contribution in [0.4, 0.5) is 36.2 Å². The lowest BCUT2D eigenvalue weighted by atomic mass is 9.95. The second kappa shape index (κ2) is 15.4. The highest BCUT2D eigenvalue weighted by Gasteiger charge is 2.53. The largest absolute Gasteiger partial charge is 0.494 e. The summed E-state index contributed by atoms with van der Waals surface area (Å²) >= 11 is 0. The molecule has 9 rings (SSSR count). The monoisotopic (exact) mass is 787 g/mol. The summed E-state index contributed by atoms with van der Waals surface area (Å²) in [5, 5.41) is 5.71. The van der Waals surface area contributed by atoms with Gasteiger partial charge in [0, 0.05) is 85.6 Å². The number of benzene rings is 3. The lowest BCUT2D eigenvalue weighted by Crippen LogP contribution is -2.58. The molecule has 298 valence electrons. The number of halogens is 3. The number of amides is 1. The van der Waals surface area contributed by atoms with Crippen LogP contribution in [0.2, 0.25) is 0 Å². The van der Waals surface area contributed by atoms with Gasteiger partial charge in [0.1, 0.15) is 35.4 Å². The van der Waals surface area contributed by atoms with Crippen LogP contribution in [0.25, 0.3) is 28.3 Å². The Morgan fingerprint density at radius 1 is 0.948 bits per heavy atom. The number of nitrogens with one attached hydrogen (secondary N) is 2. The summed E-state index contributed by atoms with van der Waals surface area (Å²) in [6.45, 7) is 6.49. The minimum atomic E-state index is -0.867. The Kier molecular flexibility index (Phi) is 9.98. The predicted molar refractivity (Wildman–Crippen MR) is 219 cm³/mol. The Bertz CT molecular complexity index is 2470. The first-order valence-electron chi connectivity index (χ1n) is 19.6. The third-order valence-electron chi connectivity index (χ3n) is 11.9. The number of piperidine rings is 1. The van der Waals surface area contributed by atoms with Crippen LogP contribution >= 0.6 is 0 Å². The van der Waals surface area contributed by atoms with E-state index in [-0.39, 0.29) is 17.8 Å². The molecule has 0 unspecified atom stereocenters. The number of alkyl halides is 1. The number of likely N-dealkylation sites (tertiary alicyclic amines) is 2. The normalized spacial score (nSPS) is 19.9. The van der Waals surface area contributed by atoms with Gasteiger partial charge in [-0.1, -0.05) is 24.3 Å². The molecule has 2 N–H and O–H groups in total. The lowest BCUT2D eigenvalue weighted by molar-refractivity contribution is 0.0294. The zero-order chi connectivity index (χ0) is 40.0. The Morgan fingerprint density at radius 2 is 1.76 bits per heavy atom. The maximum atomic E-state index is 14.3. The summed E-state index contributed by atoms with van der Waals surface area (Å²) in [6, 6.07) is 24.7. The number of pyridine rings is 1. The van der Waals surface area contributed by atoms with Gasteiger partial charge in [-0.3, -0.25) is 19.0 Å². The number of carbonyl (C=O) groups excluding carboxylic acids is 1. The second-order valence-corrected chi connectivity index (χ2v) is 15.5. The van der Waals surface area contributed by atoms with Gasteiger partial charge < -0.3 is 20.3 Å². The molecule has 0 radical (unpaired) electrons. The molecule has 58 heavy (non-hydrogen) atoms. The smallest absolute Gasteiger partial charge is 0.255 e. The van der Waals surface area contributed by atoms with Crippen molar-refractivity contribution in [2.45, 2.75) is 43.8 Å². The van der Waals surface area contributed by atoms with Crippen molar-refractivity contribution >= 4 is 34.6 Å².